The van der Waals surface area contributed by atoms with Crippen molar-refractivity contribution in [2.24, 2.45) is 15.6 Å². The van der Waals surface area contributed by atoms with E-state index in [0.29, 0.717) is 5.70 Å². The molecule has 0 aromatic heterocycles. The smallest absolute Gasteiger partial charge is 0.0917 e. The molecule has 78 valence electrons. The van der Waals surface area contributed by atoms with Crippen molar-refractivity contribution in [1.29, 1.82) is 0 Å². The third-order valence-electron chi connectivity index (χ3n) is 1.53. The summed E-state index contributed by atoms with van der Waals surface area (Å²) in [6.07, 6.45) is 8.87. The summed E-state index contributed by atoms with van der Waals surface area (Å²) >= 11 is 0. The van der Waals surface area contributed by atoms with Crippen LogP contribution in [0.5, 0.6) is 0 Å². The van der Waals surface area contributed by atoms with Crippen LogP contribution in [0.1, 0.15) is 27.7 Å². The maximum atomic E-state index is 8.27. The molecule has 1 heterocycles. The largest absolute Gasteiger partial charge is 0.411 e. The van der Waals surface area contributed by atoms with Gasteiger partial charge in [-0.25, -0.2) is 0 Å². The van der Waals surface area contributed by atoms with Crippen molar-refractivity contribution in [2.45, 2.75) is 27.7 Å². The first-order valence-corrected chi connectivity index (χ1v) is 4.76. The van der Waals surface area contributed by atoms with Crippen LogP contribution in [0.25, 0.3) is 0 Å². The number of aliphatic imine (C=N–C) groups is 1. The van der Waals surface area contributed by atoms with Crippen molar-refractivity contribution in [3.63, 3.8) is 0 Å². The number of nitrogens with zero attached hydrogens (tertiary/aromatic N) is 2. The van der Waals surface area contributed by atoms with Gasteiger partial charge in [0.1, 0.15) is 0 Å². The Hall–Kier alpha value is -1.38. The van der Waals surface area contributed by atoms with Crippen LogP contribution in [0.15, 0.2) is 34.1 Å². The van der Waals surface area contributed by atoms with Crippen molar-refractivity contribution in [2.75, 3.05) is 0 Å². The third-order valence-corrected chi connectivity index (χ3v) is 1.53. The van der Waals surface area contributed by atoms with Gasteiger partial charge in [-0.05, 0) is 6.08 Å². The molecule has 0 aliphatic carbocycles. The van der Waals surface area contributed by atoms with E-state index in [2.05, 4.69) is 24.0 Å². The SMILES string of the molecule is CC.CC1(C)C=CC=C(/C=N/O)N=C1. The van der Waals surface area contributed by atoms with Crippen LogP contribution >= 0.6 is 0 Å². The van der Waals surface area contributed by atoms with Crippen molar-refractivity contribution in [3.05, 3.63) is 23.9 Å². The van der Waals surface area contributed by atoms with Gasteiger partial charge in [0.05, 0.1) is 11.9 Å². The number of allylic oxidation sites excluding steroid dienone is 4. The highest BCUT2D eigenvalue weighted by Crippen LogP contribution is 2.17. The summed E-state index contributed by atoms with van der Waals surface area (Å²) in [5.74, 6) is 0. The second-order valence-corrected chi connectivity index (χ2v) is 3.27. The molecule has 0 unspecified atom stereocenters. The molecule has 0 aromatic rings. The van der Waals surface area contributed by atoms with E-state index >= 15 is 0 Å². The van der Waals surface area contributed by atoms with E-state index in [1.807, 2.05) is 32.2 Å². The zero-order chi connectivity index (χ0) is 11.0. The Morgan fingerprint density at radius 1 is 1.43 bits per heavy atom. The number of rotatable bonds is 1. The highest BCUT2D eigenvalue weighted by atomic mass is 16.4. The lowest BCUT2D eigenvalue weighted by Crippen LogP contribution is -2.07. The summed E-state index contributed by atoms with van der Waals surface area (Å²) in [6, 6.07) is 0. The van der Waals surface area contributed by atoms with E-state index in [0.717, 1.165) is 0 Å². The lowest BCUT2D eigenvalue weighted by molar-refractivity contribution is 0.321. The van der Waals surface area contributed by atoms with Gasteiger partial charge in [0, 0.05) is 11.6 Å². The normalized spacial score (nSPS) is 18.4. The maximum Gasteiger partial charge on any atom is 0.0917 e. The molecule has 1 aliphatic heterocycles. The van der Waals surface area contributed by atoms with Crippen LogP contribution in [0.4, 0.5) is 0 Å². The lowest BCUT2D eigenvalue weighted by Gasteiger charge is -2.10. The fourth-order valence-corrected chi connectivity index (χ4v) is 0.857. The summed E-state index contributed by atoms with van der Waals surface area (Å²) in [5.41, 5.74) is 0.626. The average Bonchev–Trinajstić information content (AvgIpc) is 2.32. The fourth-order valence-electron chi connectivity index (χ4n) is 0.857. The molecular formula is C11H18N2O. The Kier molecular flexibility index (Phi) is 5.53. The molecule has 3 nitrogen and oxygen atoms in total. The minimum Gasteiger partial charge on any atom is -0.411 e. The van der Waals surface area contributed by atoms with Crippen LogP contribution in [0, 0.1) is 5.41 Å². The number of hydrogen-bond acceptors (Lipinski definition) is 3. The van der Waals surface area contributed by atoms with E-state index in [9.17, 15) is 0 Å². The molecule has 0 fully saturated rings. The van der Waals surface area contributed by atoms with Gasteiger partial charge >= 0.3 is 0 Å². The highest BCUT2D eigenvalue weighted by Gasteiger charge is 2.10. The summed E-state index contributed by atoms with van der Waals surface area (Å²) < 4.78 is 0. The molecule has 1 aliphatic rings. The van der Waals surface area contributed by atoms with Crippen molar-refractivity contribution in [1.82, 2.24) is 0 Å². The minimum atomic E-state index is -0.0262. The Balaban J connectivity index is 0.000000791. The minimum absolute atomic E-state index is 0.0262. The molecule has 0 saturated carbocycles. The summed E-state index contributed by atoms with van der Waals surface area (Å²) in [5, 5.41) is 11.2. The Morgan fingerprint density at radius 3 is 2.64 bits per heavy atom. The maximum absolute atomic E-state index is 8.27. The molecule has 0 saturated heterocycles. The lowest BCUT2D eigenvalue weighted by atomic mass is 9.95. The predicted molar refractivity (Wildman–Crippen MR) is 61.1 cm³/mol. The second kappa shape index (κ2) is 6.13. The monoisotopic (exact) mass is 194 g/mol. The van der Waals surface area contributed by atoms with E-state index in [-0.39, 0.29) is 5.41 Å². The zero-order valence-corrected chi connectivity index (χ0v) is 9.23. The van der Waals surface area contributed by atoms with Crippen molar-refractivity contribution in [3.8, 4) is 0 Å². The van der Waals surface area contributed by atoms with Gasteiger partial charge in [-0.2, -0.15) is 0 Å². The van der Waals surface area contributed by atoms with Crippen LogP contribution < -0.4 is 0 Å². The molecule has 1 N–H and O–H groups in total. The van der Waals surface area contributed by atoms with E-state index in [4.69, 9.17) is 5.21 Å². The van der Waals surface area contributed by atoms with E-state index in [1.165, 1.54) is 6.21 Å². The average molecular weight is 194 g/mol. The molecule has 0 aromatic carbocycles. The van der Waals surface area contributed by atoms with Gasteiger partial charge in [0.15, 0.2) is 0 Å². The third kappa shape index (κ3) is 4.60. The van der Waals surface area contributed by atoms with Gasteiger partial charge in [-0.1, -0.05) is 45.0 Å². The van der Waals surface area contributed by atoms with Crippen LogP contribution in [-0.2, 0) is 0 Å². The quantitative estimate of drug-likeness (QED) is 0.389. The van der Waals surface area contributed by atoms with Crippen LogP contribution in [0.2, 0.25) is 0 Å². The first kappa shape index (κ1) is 12.6. The van der Waals surface area contributed by atoms with Crippen molar-refractivity contribution >= 4 is 12.4 Å². The molecule has 0 bridgehead atoms. The first-order valence-electron chi connectivity index (χ1n) is 4.76. The molecule has 0 spiro atoms. The second-order valence-electron chi connectivity index (χ2n) is 3.27. The van der Waals surface area contributed by atoms with Gasteiger partial charge < -0.3 is 5.21 Å². The van der Waals surface area contributed by atoms with Gasteiger partial charge in [-0.3, -0.25) is 4.99 Å². The van der Waals surface area contributed by atoms with Gasteiger partial charge in [-0.15, -0.1) is 0 Å². The van der Waals surface area contributed by atoms with E-state index < -0.39 is 0 Å². The van der Waals surface area contributed by atoms with Crippen LogP contribution in [-0.4, -0.2) is 17.6 Å². The molecule has 14 heavy (non-hydrogen) atoms. The highest BCUT2D eigenvalue weighted by molar-refractivity contribution is 5.83. The number of oxime groups is 1. The Labute approximate surface area is 85.5 Å². The Morgan fingerprint density at radius 2 is 2.07 bits per heavy atom. The van der Waals surface area contributed by atoms with E-state index in [1.54, 1.807) is 6.08 Å². The summed E-state index contributed by atoms with van der Waals surface area (Å²) in [4.78, 5) is 4.13. The summed E-state index contributed by atoms with van der Waals surface area (Å²) in [7, 11) is 0. The topological polar surface area (TPSA) is 45.0 Å². The molecule has 0 radical (unpaired) electrons. The van der Waals surface area contributed by atoms with Gasteiger partial charge in [0.2, 0.25) is 0 Å². The molecule has 1 rings (SSSR count). The molecule has 0 amide bonds. The molecular weight excluding hydrogens is 176 g/mol. The summed E-state index contributed by atoms with van der Waals surface area (Å²) in [6.45, 7) is 8.11. The zero-order valence-electron chi connectivity index (χ0n) is 9.23. The number of hydrogen-bond donors (Lipinski definition) is 1. The standard InChI is InChI=1S/C9H12N2O.C2H6/c1-9(2)5-3-4-8(6-11-12)10-7-9;1-2/h3-7,12H,1-2H3;1-2H3/b11-6+;. The Bertz CT molecular complexity index is 273. The molecule has 3 heteroatoms. The molecule has 0 atom stereocenters. The van der Waals surface area contributed by atoms with Crippen LogP contribution in [0.3, 0.4) is 0 Å². The van der Waals surface area contributed by atoms with Gasteiger partial charge in [0.25, 0.3) is 0 Å². The fraction of sp³-hybridized carbons (Fsp3) is 0.455. The predicted octanol–water partition coefficient (Wildman–Crippen LogP) is 3.02. The first-order chi connectivity index (χ1) is 6.64. The van der Waals surface area contributed by atoms with Crippen molar-refractivity contribution < 1.29 is 5.21 Å².